The van der Waals surface area contributed by atoms with Crippen molar-refractivity contribution in [2.45, 2.75) is 12.8 Å². The number of amides is 1. The first-order valence-corrected chi connectivity index (χ1v) is 7.59. The van der Waals surface area contributed by atoms with Crippen LogP contribution in [0.1, 0.15) is 12.0 Å². The zero-order chi connectivity index (χ0) is 14.5. The van der Waals surface area contributed by atoms with Gasteiger partial charge >= 0.3 is 0 Å². The minimum atomic E-state index is -0.0471. The third-order valence-electron chi connectivity index (χ3n) is 2.74. The minimum absolute atomic E-state index is 0.0471. The van der Waals surface area contributed by atoms with Crippen LogP contribution in [-0.2, 0) is 11.2 Å². The SMILES string of the molecule is O=C(CCc1ccc(Cl)cc1Cl)Nc1cccc(Br)c1. The summed E-state index contributed by atoms with van der Waals surface area (Å²) in [5, 5.41) is 4.03. The standard InChI is InChI=1S/C15H12BrCl2NO/c16-11-2-1-3-13(8-11)19-15(20)7-5-10-4-6-12(17)9-14(10)18/h1-4,6,8-9H,5,7H2,(H,19,20). The predicted molar refractivity (Wildman–Crippen MR) is 87.6 cm³/mol. The van der Waals surface area contributed by atoms with Gasteiger partial charge in [0, 0.05) is 26.6 Å². The lowest BCUT2D eigenvalue weighted by Gasteiger charge is -2.07. The number of hydrogen-bond donors (Lipinski definition) is 1. The molecule has 0 fully saturated rings. The average molecular weight is 373 g/mol. The van der Waals surface area contributed by atoms with Crippen molar-refractivity contribution in [1.82, 2.24) is 0 Å². The van der Waals surface area contributed by atoms with Crippen LogP contribution >= 0.6 is 39.1 Å². The summed E-state index contributed by atoms with van der Waals surface area (Å²) >= 11 is 15.3. The molecule has 0 radical (unpaired) electrons. The fraction of sp³-hybridized carbons (Fsp3) is 0.133. The second kappa shape index (κ2) is 7.11. The molecule has 0 spiro atoms. The number of benzene rings is 2. The molecule has 2 nitrogen and oxygen atoms in total. The summed E-state index contributed by atoms with van der Waals surface area (Å²) in [6.07, 6.45) is 0.948. The maximum atomic E-state index is 11.9. The molecule has 0 unspecified atom stereocenters. The van der Waals surface area contributed by atoms with Gasteiger partial charge in [-0.25, -0.2) is 0 Å². The third-order valence-corrected chi connectivity index (χ3v) is 3.83. The summed E-state index contributed by atoms with van der Waals surface area (Å²) in [6.45, 7) is 0. The second-order valence-electron chi connectivity index (χ2n) is 4.29. The Morgan fingerprint density at radius 3 is 2.65 bits per heavy atom. The van der Waals surface area contributed by atoms with Gasteiger partial charge in [0.05, 0.1) is 0 Å². The van der Waals surface area contributed by atoms with E-state index in [4.69, 9.17) is 23.2 Å². The molecule has 0 saturated carbocycles. The molecule has 1 amide bonds. The van der Waals surface area contributed by atoms with Gasteiger partial charge in [-0.2, -0.15) is 0 Å². The quantitative estimate of drug-likeness (QED) is 0.772. The van der Waals surface area contributed by atoms with E-state index in [1.807, 2.05) is 30.3 Å². The van der Waals surface area contributed by atoms with Crippen LogP contribution in [0.25, 0.3) is 0 Å². The molecule has 2 rings (SSSR count). The van der Waals surface area contributed by atoms with Crippen molar-refractivity contribution >= 4 is 50.7 Å². The fourth-order valence-corrected chi connectivity index (χ4v) is 2.66. The zero-order valence-corrected chi connectivity index (χ0v) is 13.6. The highest BCUT2D eigenvalue weighted by molar-refractivity contribution is 9.10. The number of carbonyl (C=O) groups is 1. The van der Waals surface area contributed by atoms with Crippen molar-refractivity contribution in [2.24, 2.45) is 0 Å². The van der Waals surface area contributed by atoms with Crippen molar-refractivity contribution in [3.8, 4) is 0 Å². The van der Waals surface area contributed by atoms with E-state index in [0.717, 1.165) is 15.7 Å². The Morgan fingerprint density at radius 1 is 1.15 bits per heavy atom. The van der Waals surface area contributed by atoms with Crippen LogP contribution in [0, 0.1) is 0 Å². The summed E-state index contributed by atoms with van der Waals surface area (Å²) in [5.41, 5.74) is 1.69. The summed E-state index contributed by atoms with van der Waals surface area (Å²) in [6, 6.07) is 12.8. The maximum absolute atomic E-state index is 11.9. The van der Waals surface area contributed by atoms with Gasteiger partial charge in [-0.1, -0.05) is 51.3 Å². The third kappa shape index (κ3) is 4.51. The molecular formula is C15H12BrCl2NO. The molecule has 0 aromatic heterocycles. The lowest BCUT2D eigenvalue weighted by atomic mass is 10.1. The van der Waals surface area contributed by atoms with Gasteiger partial charge in [0.2, 0.25) is 5.91 Å². The topological polar surface area (TPSA) is 29.1 Å². The Balaban J connectivity index is 1.92. The molecule has 0 bridgehead atoms. The van der Waals surface area contributed by atoms with Crippen LogP contribution in [0.4, 0.5) is 5.69 Å². The monoisotopic (exact) mass is 371 g/mol. The van der Waals surface area contributed by atoms with Crippen LogP contribution in [-0.4, -0.2) is 5.91 Å². The Labute approximate surface area is 136 Å². The van der Waals surface area contributed by atoms with E-state index in [9.17, 15) is 4.79 Å². The van der Waals surface area contributed by atoms with Gasteiger partial charge in [-0.3, -0.25) is 4.79 Å². The average Bonchev–Trinajstić information content (AvgIpc) is 2.37. The molecular weight excluding hydrogens is 361 g/mol. The molecule has 20 heavy (non-hydrogen) atoms. The molecule has 0 aliphatic heterocycles. The van der Waals surface area contributed by atoms with Crippen LogP contribution < -0.4 is 5.32 Å². The van der Waals surface area contributed by atoms with Crippen molar-refractivity contribution in [3.63, 3.8) is 0 Å². The van der Waals surface area contributed by atoms with E-state index < -0.39 is 0 Å². The first-order chi connectivity index (χ1) is 9.54. The molecule has 0 aliphatic rings. The number of halogens is 3. The predicted octanol–water partition coefficient (Wildman–Crippen LogP) is 5.33. The first kappa shape index (κ1) is 15.4. The van der Waals surface area contributed by atoms with Gasteiger partial charge < -0.3 is 5.32 Å². The van der Waals surface area contributed by atoms with Gasteiger partial charge in [-0.05, 0) is 42.3 Å². The highest BCUT2D eigenvalue weighted by Gasteiger charge is 2.06. The highest BCUT2D eigenvalue weighted by atomic mass is 79.9. The van der Waals surface area contributed by atoms with Crippen molar-refractivity contribution in [3.05, 3.63) is 62.5 Å². The van der Waals surface area contributed by atoms with E-state index in [0.29, 0.717) is 22.9 Å². The number of hydrogen-bond acceptors (Lipinski definition) is 1. The Bertz CT molecular complexity index is 631. The normalized spacial score (nSPS) is 10.3. The van der Waals surface area contributed by atoms with Crippen LogP contribution in [0.5, 0.6) is 0 Å². The van der Waals surface area contributed by atoms with E-state index in [2.05, 4.69) is 21.2 Å². The summed E-state index contributed by atoms with van der Waals surface area (Å²) in [7, 11) is 0. The molecule has 5 heteroatoms. The molecule has 0 heterocycles. The second-order valence-corrected chi connectivity index (χ2v) is 6.05. The fourth-order valence-electron chi connectivity index (χ4n) is 1.76. The molecule has 2 aromatic rings. The van der Waals surface area contributed by atoms with Crippen molar-refractivity contribution < 1.29 is 4.79 Å². The number of nitrogens with one attached hydrogen (secondary N) is 1. The lowest BCUT2D eigenvalue weighted by Crippen LogP contribution is -2.12. The Morgan fingerprint density at radius 2 is 1.95 bits per heavy atom. The van der Waals surface area contributed by atoms with Crippen molar-refractivity contribution in [2.75, 3.05) is 5.32 Å². The van der Waals surface area contributed by atoms with Gasteiger partial charge in [0.1, 0.15) is 0 Å². The van der Waals surface area contributed by atoms with Gasteiger partial charge in [0.25, 0.3) is 0 Å². The van der Waals surface area contributed by atoms with Crippen LogP contribution in [0.15, 0.2) is 46.9 Å². The first-order valence-electron chi connectivity index (χ1n) is 6.04. The van der Waals surface area contributed by atoms with Gasteiger partial charge in [0.15, 0.2) is 0 Å². The molecule has 0 atom stereocenters. The van der Waals surface area contributed by atoms with E-state index in [-0.39, 0.29) is 5.91 Å². The Kier molecular flexibility index (Phi) is 5.46. The Hall–Kier alpha value is -1.03. The molecule has 0 saturated heterocycles. The summed E-state index contributed by atoms with van der Waals surface area (Å²) < 4.78 is 0.927. The van der Waals surface area contributed by atoms with Gasteiger partial charge in [-0.15, -0.1) is 0 Å². The van der Waals surface area contributed by atoms with Crippen molar-refractivity contribution in [1.29, 1.82) is 0 Å². The summed E-state index contributed by atoms with van der Waals surface area (Å²) in [5.74, 6) is -0.0471. The molecule has 0 aliphatic carbocycles. The van der Waals surface area contributed by atoms with Crippen LogP contribution in [0.2, 0.25) is 10.0 Å². The molecule has 2 aromatic carbocycles. The van der Waals surface area contributed by atoms with E-state index >= 15 is 0 Å². The number of rotatable bonds is 4. The highest BCUT2D eigenvalue weighted by Crippen LogP contribution is 2.22. The number of anilines is 1. The number of carbonyl (C=O) groups excluding carboxylic acids is 1. The zero-order valence-electron chi connectivity index (χ0n) is 10.5. The smallest absolute Gasteiger partial charge is 0.224 e. The molecule has 104 valence electrons. The summed E-state index contributed by atoms with van der Waals surface area (Å²) in [4.78, 5) is 11.9. The van der Waals surface area contributed by atoms with E-state index in [1.165, 1.54) is 0 Å². The lowest BCUT2D eigenvalue weighted by molar-refractivity contribution is -0.116. The largest absolute Gasteiger partial charge is 0.326 e. The maximum Gasteiger partial charge on any atom is 0.224 e. The number of aryl methyl sites for hydroxylation is 1. The minimum Gasteiger partial charge on any atom is -0.326 e. The molecule has 1 N–H and O–H groups in total. The van der Waals surface area contributed by atoms with E-state index in [1.54, 1.807) is 12.1 Å². The van der Waals surface area contributed by atoms with Crippen LogP contribution in [0.3, 0.4) is 0 Å².